The van der Waals surface area contributed by atoms with E-state index in [4.69, 9.17) is 91.2 Å². The Hall–Kier alpha value is -12.0. The van der Waals surface area contributed by atoms with Crippen molar-refractivity contribution in [3.63, 3.8) is 0 Å². The number of nitrogens with one attached hydrogen (secondary N) is 4. The van der Waals surface area contributed by atoms with Crippen molar-refractivity contribution in [1.82, 2.24) is 20.5 Å². The monoisotopic (exact) mass is 2240 g/mol. The first-order valence-corrected chi connectivity index (χ1v) is 48.1. The number of aromatic hydroxyl groups is 5. The van der Waals surface area contributed by atoms with Crippen LogP contribution in [0.15, 0.2) is 167 Å². The molecule has 0 unspecified atom stereocenters. The second-order valence-corrected chi connectivity index (χ2v) is 39.4. The van der Waals surface area contributed by atoms with E-state index in [-0.39, 0.29) is 111 Å². The van der Waals surface area contributed by atoms with Gasteiger partial charge in [-0.15, -0.1) is 12.6 Å². The van der Waals surface area contributed by atoms with Gasteiger partial charge in [-0.2, -0.15) is 0 Å². The number of nitrogens with two attached hydrogens (primary N) is 4. The Morgan fingerprint density at radius 2 is 0.811 bits per heavy atom. The van der Waals surface area contributed by atoms with Crippen LogP contribution < -0.4 is 50.2 Å². The first-order chi connectivity index (χ1) is 67.1. The van der Waals surface area contributed by atoms with Crippen LogP contribution in [-0.2, 0) is 85.7 Å². The van der Waals surface area contributed by atoms with Crippen LogP contribution >= 0.6 is 49.3 Å². The van der Waals surface area contributed by atoms with E-state index in [1.165, 1.54) is 65.4 Å². The molecule has 1 aromatic heterocycles. The molecule has 1 fully saturated rings. The molecule has 9 aromatic rings. The summed E-state index contributed by atoms with van der Waals surface area (Å²) < 4.78 is 41.7. The number of hydrogen-bond donors (Lipinski definition) is 16. The van der Waals surface area contributed by atoms with Gasteiger partial charge in [0.2, 0.25) is 0 Å². The van der Waals surface area contributed by atoms with Crippen molar-refractivity contribution in [2.75, 3.05) is 64.2 Å². The van der Waals surface area contributed by atoms with Gasteiger partial charge in [0.15, 0.2) is 0 Å². The van der Waals surface area contributed by atoms with Crippen LogP contribution in [0.25, 0.3) is 16.7 Å². The number of nitrogen functional groups attached to an aromatic ring is 1. The number of hydrogen-bond acceptors (Lipinski definition) is 32. The standard InChI is InChI=1S/C23H30N2O4S.C20H21NO3S.C13H18N2O4.C13H20N2O2.C10H18O5.C10H12O2S2.C8H10N2O2.C4H8O.C2H6O.CH4O.CH4.CH3.H4N2.H2O.Pd/c1-14(2)17-12-18(20(27)13-19(17)26)21(30)25-16-8-6-15(7-9-16)10-11-24-22(28)29-23(3,4)5;1-4-5-13-6-8-14(9-7-13)21-19(25)16-10-15(12(2)3)17(22)11-18(16)24-20(21)23;1-13(2,3)19-12(16)14-9-8-10-4-6-11(7-5-10)15(17)18;1-13(2,3)17-12(16)15-9-8-10-4-6-11(14)7-5-10;1-9(2,3)14-7(11)13-8(12)15-10(4,5)6;1-5(2)6-3-7(10(13)14)9(12)4-8(6)11;9-6-5-7-1-3-8(4-2-7)10(11)12;1-2-4-5-3-1;1-2-3;1-2;;;1-2;;/h6-9,12-14,26-27H,10-11H2,1-5H3,(H,24,28)(H,25,30);6-12,22H,4-5H2,1-3H3;4-7H,8-9H2,1-3H3,(H,14,16);4-7H,8-9,14H2,1-3H3,(H,15,16);1-6H3;3-5,11-12H,1-2H3,(H,13,14);1-4H,5-6,9H2;1-4H2;3H,2H2,1H3;2H,1H3;1H4;1H3;1-2H2;1H2;/q;;;;;;;;;;;-1;;;. The summed E-state index contributed by atoms with van der Waals surface area (Å²) in [6.45, 7) is 46.3. The van der Waals surface area contributed by atoms with Crippen LogP contribution in [0.5, 0.6) is 28.7 Å². The molecule has 0 atom stereocenters. The summed E-state index contributed by atoms with van der Waals surface area (Å²) in [6, 6.07) is 45.0. The van der Waals surface area contributed by atoms with Gasteiger partial charge in [0.25, 0.3) is 11.4 Å². The molecule has 148 heavy (non-hydrogen) atoms. The maximum atomic E-state index is 12.4. The molecule has 0 saturated carbocycles. The van der Waals surface area contributed by atoms with Crippen LogP contribution in [0.3, 0.4) is 0 Å². The minimum absolute atomic E-state index is 0. The van der Waals surface area contributed by atoms with Crippen molar-refractivity contribution in [1.29, 1.82) is 0 Å². The number of nitro benzene ring substituents is 2. The number of non-ortho nitro benzene ring substituents is 2. The molecule has 8 aromatic carbocycles. The molecule has 37 nitrogen and oxygen atoms in total. The number of thiol groups is 1. The minimum atomic E-state index is -1.06. The smallest absolute Gasteiger partial charge is 0.508 e. The fraction of sp³-hybridized carbons (Fsp3) is 0.453. The number of carbonyl (C=O) groups excluding carboxylic acids is 5. The molecular weight excluding hydrogens is 2080 g/mol. The van der Waals surface area contributed by atoms with E-state index in [0.29, 0.717) is 80.6 Å². The fourth-order valence-electron chi connectivity index (χ4n) is 11.8. The molecule has 0 bridgehead atoms. The summed E-state index contributed by atoms with van der Waals surface area (Å²) in [4.78, 5) is 89.1. The van der Waals surface area contributed by atoms with Gasteiger partial charge in [-0.05, 0) is 279 Å². The van der Waals surface area contributed by atoms with Gasteiger partial charge in [0.05, 0.1) is 30.7 Å². The number of phenols is 5. The zero-order chi connectivity index (χ0) is 110. The summed E-state index contributed by atoms with van der Waals surface area (Å²) in [7, 11) is 1.00. The van der Waals surface area contributed by atoms with Gasteiger partial charge in [-0.1, -0.05) is 160 Å². The number of amides is 3. The minimum Gasteiger partial charge on any atom is -0.508 e. The van der Waals surface area contributed by atoms with E-state index < -0.39 is 68.1 Å². The first kappa shape index (κ1) is 144. The molecular formula is C106H160N11O26PdS4-. The number of thiocarbonyl (C=S) groups is 2. The zero-order valence-corrected chi connectivity index (χ0v) is 93.9. The third-order valence-corrected chi connectivity index (χ3v) is 19.4. The summed E-state index contributed by atoms with van der Waals surface area (Å²) >= 11 is 19.9. The number of hydrazine groups is 1. The molecule has 0 aliphatic carbocycles. The van der Waals surface area contributed by atoms with Crippen molar-refractivity contribution in [3.8, 4) is 34.4 Å². The van der Waals surface area contributed by atoms with E-state index in [2.05, 4.69) is 57.2 Å². The van der Waals surface area contributed by atoms with Gasteiger partial charge in [0, 0.05) is 126 Å². The number of nitro groups is 2. The van der Waals surface area contributed by atoms with Gasteiger partial charge in [-0.25, -0.2) is 33.3 Å². The molecule has 3 amide bonds. The Balaban J connectivity index is -0.000000534. The average Bonchev–Trinajstić information content (AvgIpc) is 0.768. The number of carbonyl (C=O) groups is 5. The van der Waals surface area contributed by atoms with E-state index >= 15 is 0 Å². The fourth-order valence-corrected chi connectivity index (χ4v) is 12.8. The Bertz CT molecular complexity index is 5550. The molecule has 0 spiro atoms. The second-order valence-electron chi connectivity index (χ2n) is 37.4. The third kappa shape index (κ3) is 61.7. The summed E-state index contributed by atoms with van der Waals surface area (Å²) in [5, 5.41) is 96.4. The molecule has 830 valence electrons. The van der Waals surface area contributed by atoms with E-state index in [9.17, 15) is 74.5 Å². The molecule has 0 radical (unpaired) electrons. The van der Waals surface area contributed by atoms with Gasteiger partial charge in [-0.3, -0.25) is 31.9 Å². The van der Waals surface area contributed by atoms with E-state index in [1.54, 1.807) is 106 Å². The van der Waals surface area contributed by atoms with Crippen LogP contribution in [0.1, 0.15) is 259 Å². The summed E-state index contributed by atoms with van der Waals surface area (Å²) in [5.74, 6) is 8.00. The third-order valence-electron chi connectivity index (χ3n) is 18.2. The Labute approximate surface area is 906 Å². The Morgan fingerprint density at radius 3 is 1.13 bits per heavy atom. The largest absolute Gasteiger partial charge is 0.519 e. The molecule has 10 rings (SSSR count). The number of aromatic nitrogens is 1. The molecule has 1 aliphatic rings. The number of aliphatic hydroxyl groups is 2. The van der Waals surface area contributed by atoms with Gasteiger partial charge < -0.3 is 119 Å². The topological polar surface area (TPSA) is 597 Å². The van der Waals surface area contributed by atoms with Crippen molar-refractivity contribution in [2.45, 2.75) is 264 Å². The SMILES string of the molecule is C.C1CCOC1.CC(C)(C)OC(=O)NCCc1ccc(N)cc1.CC(C)(C)OC(=O)NCCc1ccc([N+](=O)[O-])cc1.CC(C)(C)OC(=O)OC(=O)OC(C)(C)C.CC(C)c1cc(C(=S)Nc2ccc(CCNC(=O)OC(C)(C)C)cc2)c(O)cc1O.CC(C)c1cc(C(=S)S)c(O)cc1O.CCCc1ccc(-n2c(=O)oc3cc(O)c(C(C)C)cc3c2=S)cc1.CCO.CO.NCCc1ccc([N+](=O)[O-])cc1.NN.O.[CH3-].[Pd]. The number of nitrogens with zero attached hydrogens (tertiary/aromatic N) is 3. The normalized spacial score (nSPS) is 10.9. The van der Waals surface area contributed by atoms with Crippen LogP contribution in [0.4, 0.5) is 46.7 Å². The van der Waals surface area contributed by atoms with E-state index in [1.807, 2.05) is 162 Å². The predicted octanol–water partition coefficient (Wildman–Crippen LogP) is 21.4. The van der Waals surface area contributed by atoms with Gasteiger partial charge >= 0.3 is 36.3 Å². The quantitative estimate of drug-likeness (QED) is 0.00256. The number of rotatable bonds is 22. The number of anilines is 2. The Morgan fingerprint density at radius 1 is 0.500 bits per heavy atom. The molecule has 21 N–H and O–H groups in total. The van der Waals surface area contributed by atoms with Crippen LogP contribution in [0.2, 0.25) is 0 Å². The van der Waals surface area contributed by atoms with Gasteiger partial charge in [0.1, 0.15) is 72.0 Å². The number of aliphatic hydroxyl groups excluding tert-OH is 2. The van der Waals surface area contributed by atoms with E-state index in [0.717, 1.165) is 96.3 Å². The van der Waals surface area contributed by atoms with Crippen LogP contribution in [-0.4, -0.2) is 177 Å². The number of aryl methyl sites for hydroxylation is 1. The number of alkyl carbamates (subject to hydrolysis) is 3. The summed E-state index contributed by atoms with van der Waals surface area (Å²) in [6.07, 6.45) is 4.01. The maximum Gasteiger partial charge on any atom is 0.519 e. The molecule has 2 heterocycles. The van der Waals surface area contributed by atoms with Crippen molar-refractivity contribution in [3.05, 3.63) is 256 Å². The number of phenolic OH excluding ortho intramolecular Hbond substituents is 5. The summed E-state index contributed by atoms with van der Waals surface area (Å²) in [5.41, 5.74) is 19.3. The number of fused-ring (bicyclic) bond motifs is 1. The van der Waals surface area contributed by atoms with Crippen molar-refractivity contribution < 1.29 is 133 Å². The predicted molar refractivity (Wildman–Crippen MR) is 596 cm³/mol. The maximum absolute atomic E-state index is 12.4. The number of ether oxygens (including phenoxy) is 7. The molecule has 1 saturated heterocycles. The number of benzene rings is 8. The molecule has 1 aliphatic heterocycles. The zero-order valence-electron chi connectivity index (χ0n) is 89.0. The second kappa shape index (κ2) is 73.2. The van der Waals surface area contributed by atoms with Crippen molar-refractivity contribution in [2.24, 2.45) is 17.4 Å². The average molecular weight is 2240 g/mol. The first-order valence-electron chi connectivity index (χ1n) is 46.4. The van der Waals surface area contributed by atoms with Crippen LogP contribution in [0, 0.1) is 32.3 Å². The molecule has 42 heteroatoms. The Kier molecular flexibility index (Phi) is 71.4. The van der Waals surface area contributed by atoms with Crippen molar-refractivity contribution >= 4 is 123 Å².